The molecule has 0 saturated heterocycles. The number of hydrogen-bond acceptors (Lipinski definition) is 0. The maximum absolute atomic E-state index is 6.30. The third-order valence-corrected chi connectivity index (χ3v) is 3.33. The second kappa shape index (κ2) is 4.55. The van der Waals surface area contributed by atoms with Crippen molar-refractivity contribution < 1.29 is 0 Å². The zero-order chi connectivity index (χ0) is 10.8. The summed E-state index contributed by atoms with van der Waals surface area (Å²) in [7, 11) is 0. The quantitative estimate of drug-likeness (QED) is 0.655. The smallest absolute Gasteiger partial charge is 0.0424 e. The summed E-state index contributed by atoms with van der Waals surface area (Å²) in [5.74, 6) is 0. The van der Waals surface area contributed by atoms with Gasteiger partial charge in [-0.3, -0.25) is 0 Å². The average molecular weight is 231 g/mol. The fourth-order valence-electron chi connectivity index (χ4n) is 1.13. The van der Waals surface area contributed by atoms with Gasteiger partial charge in [0.15, 0.2) is 0 Å². The first-order valence-corrected chi connectivity index (χ1v) is 5.59. The molecule has 0 fully saturated rings. The van der Waals surface area contributed by atoms with Crippen molar-refractivity contribution in [1.29, 1.82) is 0 Å². The molecule has 0 aliphatic carbocycles. The van der Waals surface area contributed by atoms with Crippen LogP contribution in [0.1, 0.15) is 26.3 Å². The van der Waals surface area contributed by atoms with Crippen molar-refractivity contribution in [2.45, 2.75) is 32.6 Å². The van der Waals surface area contributed by atoms with E-state index in [1.807, 2.05) is 24.3 Å². The van der Waals surface area contributed by atoms with Crippen LogP contribution in [0.25, 0.3) is 0 Å². The van der Waals surface area contributed by atoms with E-state index in [-0.39, 0.29) is 10.8 Å². The Hall–Kier alpha value is -0.200. The average Bonchev–Trinajstić information content (AvgIpc) is 2.07. The zero-order valence-electron chi connectivity index (χ0n) is 8.85. The molecule has 78 valence electrons. The number of rotatable bonds is 2. The zero-order valence-corrected chi connectivity index (χ0v) is 10.4. The molecule has 1 atom stereocenters. The standard InChI is InChI=1S/C12H16Cl2/c1-12(2,3)11(14)8-9-4-6-10(13)7-5-9/h4-7,11H,8H2,1-3H3. The van der Waals surface area contributed by atoms with E-state index in [1.165, 1.54) is 5.56 Å². The fourth-order valence-corrected chi connectivity index (χ4v) is 1.44. The fraction of sp³-hybridized carbons (Fsp3) is 0.500. The van der Waals surface area contributed by atoms with Crippen LogP contribution >= 0.6 is 23.2 Å². The predicted octanol–water partition coefficient (Wildman–Crippen LogP) is 4.54. The highest BCUT2D eigenvalue weighted by Crippen LogP contribution is 2.27. The van der Waals surface area contributed by atoms with Crippen molar-refractivity contribution in [3.05, 3.63) is 34.9 Å². The lowest BCUT2D eigenvalue weighted by atomic mass is 9.88. The molecule has 0 nitrogen and oxygen atoms in total. The first-order valence-electron chi connectivity index (χ1n) is 4.78. The Balaban J connectivity index is 2.65. The van der Waals surface area contributed by atoms with Crippen LogP contribution in [0.3, 0.4) is 0 Å². The molecule has 2 heteroatoms. The number of halogens is 2. The van der Waals surface area contributed by atoms with Crippen LogP contribution in [0.5, 0.6) is 0 Å². The molecule has 0 aliphatic rings. The van der Waals surface area contributed by atoms with Gasteiger partial charge in [-0.15, -0.1) is 11.6 Å². The Morgan fingerprint density at radius 3 is 2.07 bits per heavy atom. The summed E-state index contributed by atoms with van der Waals surface area (Å²) in [4.78, 5) is 0. The van der Waals surface area contributed by atoms with Crippen LogP contribution in [0.4, 0.5) is 0 Å². The minimum Gasteiger partial charge on any atom is -0.122 e. The first kappa shape index (κ1) is 11.9. The summed E-state index contributed by atoms with van der Waals surface area (Å²) in [6, 6.07) is 7.87. The summed E-state index contributed by atoms with van der Waals surface area (Å²) in [5, 5.41) is 0.930. The van der Waals surface area contributed by atoms with E-state index >= 15 is 0 Å². The Bertz CT molecular complexity index is 282. The summed E-state index contributed by atoms with van der Waals surface area (Å²) < 4.78 is 0. The van der Waals surface area contributed by atoms with Gasteiger partial charge in [-0.1, -0.05) is 44.5 Å². The van der Waals surface area contributed by atoms with Gasteiger partial charge in [0, 0.05) is 10.4 Å². The molecule has 1 rings (SSSR count). The van der Waals surface area contributed by atoms with E-state index in [1.54, 1.807) is 0 Å². The lowest BCUT2D eigenvalue weighted by Crippen LogP contribution is -2.22. The molecule has 0 heterocycles. The molecule has 0 aromatic heterocycles. The van der Waals surface area contributed by atoms with E-state index in [0.717, 1.165) is 11.4 Å². The highest BCUT2D eigenvalue weighted by molar-refractivity contribution is 6.30. The highest BCUT2D eigenvalue weighted by Gasteiger charge is 2.22. The van der Waals surface area contributed by atoms with E-state index in [0.29, 0.717) is 0 Å². The molecule has 0 bridgehead atoms. The molecule has 1 unspecified atom stereocenters. The summed E-state index contributed by atoms with van der Waals surface area (Å²) in [5.41, 5.74) is 1.38. The van der Waals surface area contributed by atoms with E-state index < -0.39 is 0 Å². The lowest BCUT2D eigenvalue weighted by molar-refractivity contribution is 0.386. The molecule has 0 radical (unpaired) electrons. The SMILES string of the molecule is CC(C)(C)C(Cl)Cc1ccc(Cl)cc1. The second-order valence-electron chi connectivity index (χ2n) is 4.66. The summed E-state index contributed by atoms with van der Waals surface area (Å²) in [6.45, 7) is 6.46. The third kappa shape index (κ3) is 3.51. The predicted molar refractivity (Wildman–Crippen MR) is 64.3 cm³/mol. The van der Waals surface area contributed by atoms with Crippen LogP contribution < -0.4 is 0 Å². The van der Waals surface area contributed by atoms with Crippen molar-refractivity contribution in [1.82, 2.24) is 0 Å². The Morgan fingerprint density at radius 2 is 1.64 bits per heavy atom. The molecule has 0 N–H and O–H groups in total. The van der Waals surface area contributed by atoms with E-state index in [4.69, 9.17) is 23.2 Å². The molecule has 1 aromatic carbocycles. The van der Waals surface area contributed by atoms with Gasteiger partial charge in [0.25, 0.3) is 0 Å². The molecule has 0 saturated carbocycles. The van der Waals surface area contributed by atoms with Crippen LogP contribution in [-0.2, 0) is 6.42 Å². The normalized spacial score (nSPS) is 14.1. The maximum atomic E-state index is 6.30. The minimum atomic E-state index is 0.140. The topological polar surface area (TPSA) is 0 Å². The van der Waals surface area contributed by atoms with Gasteiger partial charge in [-0.2, -0.15) is 0 Å². The first-order chi connectivity index (χ1) is 6.39. The van der Waals surface area contributed by atoms with Gasteiger partial charge in [-0.25, -0.2) is 0 Å². The van der Waals surface area contributed by atoms with Crippen molar-refractivity contribution >= 4 is 23.2 Å². The Morgan fingerprint density at radius 1 is 1.14 bits per heavy atom. The van der Waals surface area contributed by atoms with Gasteiger partial charge in [-0.05, 0) is 29.5 Å². The molecule has 0 aliphatic heterocycles. The van der Waals surface area contributed by atoms with Crippen LogP contribution in [0.15, 0.2) is 24.3 Å². The van der Waals surface area contributed by atoms with E-state index in [2.05, 4.69) is 20.8 Å². The molecular formula is C12H16Cl2. The van der Waals surface area contributed by atoms with Crippen molar-refractivity contribution in [2.75, 3.05) is 0 Å². The monoisotopic (exact) mass is 230 g/mol. The van der Waals surface area contributed by atoms with E-state index in [9.17, 15) is 0 Å². The Kier molecular flexibility index (Phi) is 3.86. The summed E-state index contributed by atoms with van der Waals surface area (Å²) >= 11 is 12.1. The second-order valence-corrected chi connectivity index (χ2v) is 5.63. The number of benzene rings is 1. The minimum absolute atomic E-state index is 0.140. The van der Waals surface area contributed by atoms with Gasteiger partial charge < -0.3 is 0 Å². The maximum Gasteiger partial charge on any atom is 0.0424 e. The Labute approximate surface area is 96.2 Å². The van der Waals surface area contributed by atoms with Crippen molar-refractivity contribution in [2.24, 2.45) is 5.41 Å². The third-order valence-electron chi connectivity index (χ3n) is 2.27. The summed E-state index contributed by atoms with van der Waals surface area (Å²) in [6.07, 6.45) is 0.891. The molecule has 0 spiro atoms. The van der Waals surface area contributed by atoms with Gasteiger partial charge in [0.05, 0.1) is 0 Å². The van der Waals surface area contributed by atoms with Crippen molar-refractivity contribution in [3.63, 3.8) is 0 Å². The number of hydrogen-bond donors (Lipinski definition) is 0. The van der Waals surface area contributed by atoms with Gasteiger partial charge in [0.2, 0.25) is 0 Å². The van der Waals surface area contributed by atoms with Gasteiger partial charge >= 0.3 is 0 Å². The molecule has 1 aromatic rings. The molecular weight excluding hydrogens is 215 g/mol. The highest BCUT2D eigenvalue weighted by atomic mass is 35.5. The van der Waals surface area contributed by atoms with Crippen LogP contribution in [0.2, 0.25) is 5.02 Å². The van der Waals surface area contributed by atoms with Crippen molar-refractivity contribution in [3.8, 4) is 0 Å². The molecule has 0 amide bonds. The van der Waals surface area contributed by atoms with Crippen LogP contribution in [-0.4, -0.2) is 5.38 Å². The largest absolute Gasteiger partial charge is 0.122 e. The molecule has 14 heavy (non-hydrogen) atoms. The number of alkyl halides is 1. The van der Waals surface area contributed by atoms with Gasteiger partial charge in [0.1, 0.15) is 0 Å². The lowest BCUT2D eigenvalue weighted by Gasteiger charge is -2.25. The van der Waals surface area contributed by atoms with Crippen LogP contribution in [0, 0.1) is 5.41 Å².